The number of aromatic nitrogens is 2. The predicted molar refractivity (Wildman–Crippen MR) is 89.0 cm³/mol. The first kappa shape index (κ1) is 16.3. The Hall–Kier alpha value is -1.11. The van der Waals surface area contributed by atoms with Crippen LogP contribution >= 0.6 is 28.3 Å². The number of rotatable bonds is 3. The van der Waals surface area contributed by atoms with E-state index in [2.05, 4.69) is 31.4 Å². The fourth-order valence-electron chi connectivity index (χ4n) is 2.84. The lowest BCUT2D eigenvalue weighted by molar-refractivity contribution is 0.0733. The highest BCUT2D eigenvalue weighted by Crippen LogP contribution is 2.25. The summed E-state index contributed by atoms with van der Waals surface area (Å²) in [6.07, 6.45) is 2.11. The van der Waals surface area contributed by atoms with Gasteiger partial charge >= 0.3 is 0 Å². The Balaban J connectivity index is 0.00000161. The van der Waals surface area contributed by atoms with E-state index in [1.165, 1.54) is 0 Å². The van der Waals surface area contributed by atoms with Crippen LogP contribution in [0.5, 0.6) is 0 Å². The topological polar surface area (TPSA) is 61.0 Å². The van der Waals surface area contributed by atoms with E-state index in [9.17, 15) is 4.79 Å². The third-order valence-electron chi connectivity index (χ3n) is 3.81. The second-order valence-corrected chi connectivity index (χ2v) is 6.03. The highest BCUT2D eigenvalue weighted by atomic mass is 79.9. The van der Waals surface area contributed by atoms with E-state index in [-0.39, 0.29) is 24.4 Å². The number of likely N-dealkylation sites (N-methyl/N-ethyl adjacent to an activating group) is 1. The van der Waals surface area contributed by atoms with Crippen LogP contribution in [-0.4, -0.2) is 47.2 Å². The standard InChI is InChI=1S/C14H17BrN4O.ClH/c1-16-8-10-3-2-6-19(10)14(20)13-11-7-9(15)4-5-12(11)17-18-13;/h4-5,7,10,16H,2-3,6,8H2,1H3,(H,17,18);1H. The molecule has 1 aliphatic rings. The number of hydrogen-bond acceptors (Lipinski definition) is 3. The van der Waals surface area contributed by atoms with E-state index in [0.717, 1.165) is 41.3 Å². The van der Waals surface area contributed by atoms with Crippen molar-refractivity contribution in [2.45, 2.75) is 18.9 Å². The fraction of sp³-hybridized carbons (Fsp3) is 0.429. The van der Waals surface area contributed by atoms with Crippen molar-refractivity contribution in [3.63, 3.8) is 0 Å². The number of benzene rings is 1. The number of amides is 1. The summed E-state index contributed by atoms with van der Waals surface area (Å²) in [6.45, 7) is 1.64. The summed E-state index contributed by atoms with van der Waals surface area (Å²) >= 11 is 3.44. The summed E-state index contributed by atoms with van der Waals surface area (Å²) in [5.41, 5.74) is 1.41. The van der Waals surface area contributed by atoms with E-state index in [4.69, 9.17) is 0 Å². The number of nitrogens with one attached hydrogen (secondary N) is 2. The van der Waals surface area contributed by atoms with Crippen molar-refractivity contribution in [3.8, 4) is 0 Å². The molecule has 5 nitrogen and oxygen atoms in total. The van der Waals surface area contributed by atoms with Gasteiger partial charge in [0.2, 0.25) is 0 Å². The van der Waals surface area contributed by atoms with Crippen LogP contribution in [0.25, 0.3) is 10.9 Å². The molecule has 2 aromatic rings. The molecule has 21 heavy (non-hydrogen) atoms. The molecule has 2 heterocycles. The fourth-order valence-corrected chi connectivity index (χ4v) is 3.20. The van der Waals surface area contributed by atoms with E-state index in [1.807, 2.05) is 30.1 Å². The zero-order chi connectivity index (χ0) is 14.1. The smallest absolute Gasteiger partial charge is 0.275 e. The average Bonchev–Trinajstić information content (AvgIpc) is 3.04. The second-order valence-electron chi connectivity index (χ2n) is 5.11. The molecule has 7 heteroatoms. The molecule has 0 aliphatic carbocycles. The number of halogens is 2. The molecule has 2 N–H and O–H groups in total. The molecular weight excluding hydrogens is 356 g/mol. The highest BCUT2D eigenvalue weighted by Gasteiger charge is 2.30. The van der Waals surface area contributed by atoms with Gasteiger partial charge in [-0.3, -0.25) is 9.89 Å². The van der Waals surface area contributed by atoms with Crippen LogP contribution in [0.15, 0.2) is 22.7 Å². The van der Waals surface area contributed by atoms with Crippen LogP contribution in [0.1, 0.15) is 23.3 Å². The summed E-state index contributed by atoms with van der Waals surface area (Å²) in [5, 5.41) is 11.2. The minimum absolute atomic E-state index is 0. The molecule has 0 spiro atoms. The summed E-state index contributed by atoms with van der Waals surface area (Å²) in [6, 6.07) is 6.08. The Labute approximate surface area is 138 Å². The first-order valence-corrected chi connectivity index (χ1v) is 7.59. The van der Waals surface area contributed by atoms with Gasteiger partial charge in [0.25, 0.3) is 5.91 Å². The number of carbonyl (C=O) groups is 1. The van der Waals surface area contributed by atoms with E-state index < -0.39 is 0 Å². The van der Waals surface area contributed by atoms with Gasteiger partial charge in [-0.1, -0.05) is 15.9 Å². The summed E-state index contributed by atoms with van der Waals surface area (Å²) in [7, 11) is 1.92. The number of fused-ring (bicyclic) bond motifs is 1. The van der Waals surface area contributed by atoms with Crippen LogP contribution in [0.4, 0.5) is 0 Å². The Morgan fingerprint density at radius 3 is 3.14 bits per heavy atom. The van der Waals surface area contributed by atoms with Crippen molar-refractivity contribution in [1.29, 1.82) is 0 Å². The Morgan fingerprint density at radius 1 is 1.57 bits per heavy atom. The van der Waals surface area contributed by atoms with Gasteiger partial charge in [0.1, 0.15) is 0 Å². The number of carbonyl (C=O) groups excluding carboxylic acids is 1. The summed E-state index contributed by atoms with van der Waals surface area (Å²) in [4.78, 5) is 14.7. The molecule has 1 aromatic heterocycles. The molecule has 0 radical (unpaired) electrons. The Bertz CT molecular complexity index is 645. The van der Waals surface area contributed by atoms with Crippen molar-refractivity contribution in [2.75, 3.05) is 20.1 Å². The summed E-state index contributed by atoms with van der Waals surface area (Å²) in [5.74, 6) is 0.0205. The van der Waals surface area contributed by atoms with E-state index >= 15 is 0 Å². The number of likely N-dealkylation sites (tertiary alicyclic amines) is 1. The van der Waals surface area contributed by atoms with Gasteiger partial charge < -0.3 is 10.2 Å². The minimum atomic E-state index is 0. The first-order valence-electron chi connectivity index (χ1n) is 6.80. The molecule has 1 unspecified atom stereocenters. The molecule has 1 aromatic carbocycles. The Morgan fingerprint density at radius 2 is 2.38 bits per heavy atom. The van der Waals surface area contributed by atoms with Crippen molar-refractivity contribution in [1.82, 2.24) is 20.4 Å². The van der Waals surface area contributed by atoms with Crippen molar-refractivity contribution < 1.29 is 4.79 Å². The minimum Gasteiger partial charge on any atom is -0.333 e. The molecule has 0 saturated carbocycles. The predicted octanol–water partition coefficient (Wildman–Crippen LogP) is 2.57. The zero-order valence-electron chi connectivity index (χ0n) is 11.7. The lowest BCUT2D eigenvalue weighted by atomic mass is 10.1. The molecular formula is C14H18BrClN4O. The second kappa shape index (κ2) is 6.77. The molecule has 1 aliphatic heterocycles. The normalized spacial score (nSPS) is 18.0. The van der Waals surface area contributed by atoms with Crippen molar-refractivity contribution >= 4 is 45.1 Å². The van der Waals surface area contributed by atoms with Crippen LogP contribution in [0, 0.1) is 0 Å². The Kier molecular flexibility index (Phi) is 5.24. The van der Waals surface area contributed by atoms with Crippen LogP contribution < -0.4 is 5.32 Å². The quantitative estimate of drug-likeness (QED) is 0.869. The van der Waals surface area contributed by atoms with E-state index in [1.54, 1.807) is 0 Å². The van der Waals surface area contributed by atoms with Crippen LogP contribution in [0.3, 0.4) is 0 Å². The van der Waals surface area contributed by atoms with Crippen LogP contribution in [0.2, 0.25) is 0 Å². The van der Waals surface area contributed by atoms with Crippen molar-refractivity contribution in [3.05, 3.63) is 28.4 Å². The first-order chi connectivity index (χ1) is 9.70. The van der Waals surface area contributed by atoms with Gasteiger partial charge in [0, 0.05) is 29.0 Å². The maximum atomic E-state index is 12.7. The lowest BCUT2D eigenvalue weighted by Crippen LogP contribution is -2.41. The SMILES string of the molecule is CNCC1CCCN1C(=O)c1n[nH]c2ccc(Br)cc12.Cl. The molecule has 0 bridgehead atoms. The third kappa shape index (κ3) is 3.07. The van der Waals surface area contributed by atoms with Gasteiger partial charge in [-0.25, -0.2) is 0 Å². The maximum Gasteiger partial charge on any atom is 0.275 e. The van der Waals surface area contributed by atoms with Gasteiger partial charge in [-0.2, -0.15) is 5.10 Å². The molecule has 3 rings (SSSR count). The number of aromatic amines is 1. The van der Waals surface area contributed by atoms with Gasteiger partial charge in [0.05, 0.1) is 5.52 Å². The number of hydrogen-bond donors (Lipinski definition) is 2. The molecule has 1 atom stereocenters. The molecule has 114 valence electrons. The molecule has 1 saturated heterocycles. The number of H-pyrrole nitrogens is 1. The number of nitrogens with zero attached hydrogens (tertiary/aromatic N) is 2. The third-order valence-corrected chi connectivity index (χ3v) is 4.30. The van der Waals surface area contributed by atoms with E-state index in [0.29, 0.717) is 5.69 Å². The zero-order valence-corrected chi connectivity index (χ0v) is 14.1. The lowest BCUT2D eigenvalue weighted by Gasteiger charge is -2.23. The van der Waals surface area contributed by atoms with Crippen LogP contribution in [-0.2, 0) is 0 Å². The van der Waals surface area contributed by atoms with Gasteiger partial charge in [-0.05, 0) is 38.1 Å². The maximum absolute atomic E-state index is 12.7. The van der Waals surface area contributed by atoms with Gasteiger partial charge in [-0.15, -0.1) is 12.4 Å². The largest absolute Gasteiger partial charge is 0.333 e. The molecule has 1 fully saturated rings. The highest BCUT2D eigenvalue weighted by molar-refractivity contribution is 9.10. The van der Waals surface area contributed by atoms with Crippen molar-refractivity contribution in [2.24, 2.45) is 0 Å². The molecule has 1 amide bonds. The summed E-state index contributed by atoms with van der Waals surface area (Å²) < 4.78 is 0.952. The average molecular weight is 374 g/mol. The monoisotopic (exact) mass is 372 g/mol. The van der Waals surface area contributed by atoms with Gasteiger partial charge in [0.15, 0.2) is 5.69 Å².